The molecule has 0 aliphatic rings. The lowest BCUT2D eigenvalue weighted by atomic mass is 10.2. The van der Waals surface area contributed by atoms with Crippen molar-refractivity contribution in [2.75, 3.05) is 17.2 Å². The first-order valence-corrected chi connectivity index (χ1v) is 9.08. The Labute approximate surface area is 136 Å². The molecule has 0 aliphatic carbocycles. The van der Waals surface area contributed by atoms with Crippen LogP contribution >= 0.6 is 11.6 Å². The number of ether oxygens (including phenoxy) is 1. The van der Waals surface area contributed by atoms with Crippen molar-refractivity contribution < 1.29 is 13.2 Å². The van der Waals surface area contributed by atoms with E-state index in [1.54, 1.807) is 36.4 Å². The molecule has 6 heteroatoms. The van der Waals surface area contributed by atoms with Gasteiger partial charge in [-0.25, -0.2) is 8.42 Å². The molecule has 0 spiro atoms. The lowest BCUT2D eigenvalue weighted by molar-refractivity contribution is 0.341. The van der Waals surface area contributed by atoms with E-state index < -0.39 is 10.0 Å². The van der Waals surface area contributed by atoms with Crippen LogP contribution in [0.5, 0.6) is 5.75 Å². The third kappa shape index (κ3) is 4.15. The van der Waals surface area contributed by atoms with Gasteiger partial charge >= 0.3 is 0 Å². The second-order valence-corrected chi connectivity index (χ2v) is 7.14. The monoisotopic (exact) mass is 339 g/mol. The van der Waals surface area contributed by atoms with Gasteiger partial charge in [-0.15, -0.1) is 0 Å². The number of rotatable bonds is 6. The molecule has 0 radical (unpaired) electrons. The molecule has 0 saturated heterocycles. The summed E-state index contributed by atoms with van der Waals surface area (Å²) >= 11 is 5.98. The van der Waals surface area contributed by atoms with Crippen LogP contribution in [0.2, 0.25) is 5.02 Å². The number of anilines is 1. The molecule has 0 unspecified atom stereocenters. The summed E-state index contributed by atoms with van der Waals surface area (Å²) in [6.45, 7) is 2.52. The van der Waals surface area contributed by atoms with Gasteiger partial charge in [-0.2, -0.15) is 0 Å². The second-order valence-electron chi connectivity index (χ2n) is 4.80. The van der Waals surface area contributed by atoms with Crippen LogP contribution in [0.25, 0.3) is 0 Å². The maximum Gasteiger partial charge on any atom is 0.232 e. The van der Waals surface area contributed by atoms with Gasteiger partial charge in [0.15, 0.2) is 0 Å². The summed E-state index contributed by atoms with van der Waals surface area (Å²) in [4.78, 5) is 0. The van der Waals surface area contributed by atoms with Crippen LogP contribution in [0.15, 0.2) is 48.5 Å². The van der Waals surface area contributed by atoms with E-state index in [0.717, 1.165) is 5.56 Å². The van der Waals surface area contributed by atoms with Gasteiger partial charge in [-0.3, -0.25) is 4.31 Å². The number of nitrogens with zero attached hydrogens (tertiary/aromatic N) is 1. The Morgan fingerprint density at radius 2 is 1.86 bits per heavy atom. The Hall–Kier alpha value is -1.72. The topological polar surface area (TPSA) is 46.6 Å². The van der Waals surface area contributed by atoms with Crippen molar-refractivity contribution in [1.82, 2.24) is 0 Å². The first-order chi connectivity index (χ1) is 10.4. The average molecular weight is 340 g/mol. The van der Waals surface area contributed by atoms with Crippen LogP contribution in [-0.4, -0.2) is 21.3 Å². The smallest absolute Gasteiger partial charge is 0.232 e. The normalized spacial score (nSPS) is 11.2. The number of benzene rings is 2. The third-order valence-corrected chi connectivity index (χ3v) is 4.41. The van der Waals surface area contributed by atoms with Crippen LogP contribution in [0.3, 0.4) is 0 Å². The summed E-state index contributed by atoms with van der Waals surface area (Å²) in [5.74, 6) is 0.539. The number of halogens is 1. The summed E-state index contributed by atoms with van der Waals surface area (Å²) in [5.41, 5.74) is 1.33. The fraction of sp³-hybridized carbons (Fsp3) is 0.250. The maximum absolute atomic E-state index is 12.2. The highest BCUT2D eigenvalue weighted by atomic mass is 35.5. The van der Waals surface area contributed by atoms with Crippen molar-refractivity contribution in [1.29, 1.82) is 0 Å². The van der Waals surface area contributed by atoms with Crippen molar-refractivity contribution in [2.45, 2.75) is 13.5 Å². The van der Waals surface area contributed by atoms with Gasteiger partial charge in [-0.05, 0) is 36.8 Å². The molecule has 0 amide bonds. The van der Waals surface area contributed by atoms with E-state index in [2.05, 4.69) is 0 Å². The number of hydrogen-bond donors (Lipinski definition) is 0. The molecule has 22 heavy (non-hydrogen) atoms. The molecule has 0 heterocycles. The lowest BCUT2D eigenvalue weighted by Crippen LogP contribution is -2.29. The van der Waals surface area contributed by atoms with Crippen molar-refractivity contribution >= 4 is 27.3 Å². The fourth-order valence-corrected chi connectivity index (χ4v) is 3.23. The minimum atomic E-state index is -3.46. The number of hydrogen-bond acceptors (Lipinski definition) is 3. The Bertz CT molecular complexity index is 747. The van der Waals surface area contributed by atoms with Gasteiger partial charge in [-0.1, -0.05) is 35.9 Å². The molecular weight excluding hydrogens is 322 g/mol. The predicted molar refractivity (Wildman–Crippen MR) is 90.1 cm³/mol. The van der Waals surface area contributed by atoms with Gasteiger partial charge in [0.2, 0.25) is 10.0 Å². The zero-order valence-corrected chi connectivity index (χ0v) is 14.1. The third-order valence-electron chi connectivity index (χ3n) is 3.05. The van der Waals surface area contributed by atoms with Crippen LogP contribution in [0, 0.1) is 0 Å². The summed E-state index contributed by atoms with van der Waals surface area (Å²) in [5, 5.41) is 0.573. The maximum atomic E-state index is 12.2. The summed E-state index contributed by atoms with van der Waals surface area (Å²) in [7, 11) is -3.46. The van der Waals surface area contributed by atoms with Gasteiger partial charge in [0, 0.05) is 5.02 Å². The molecule has 2 aromatic rings. The quantitative estimate of drug-likeness (QED) is 0.806. The van der Waals surface area contributed by atoms with E-state index in [-0.39, 0.29) is 6.54 Å². The highest BCUT2D eigenvalue weighted by Crippen LogP contribution is 2.31. The molecule has 0 N–H and O–H groups in total. The first-order valence-electron chi connectivity index (χ1n) is 6.86. The largest absolute Gasteiger partial charge is 0.492 e. The summed E-state index contributed by atoms with van der Waals surface area (Å²) in [6.07, 6.45) is 1.18. The van der Waals surface area contributed by atoms with Crippen LogP contribution in [0.4, 0.5) is 5.69 Å². The molecule has 0 aromatic heterocycles. The molecule has 0 atom stereocenters. The minimum Gasteiger partial charge on any atom is -0.492 e. The Morgan fingerprint density at radius 1 is 1.14 bits per heavy atom. The van der Waals surface area contributed by atoms with Crippen LogP contribution in [-0.2, 0) is 16.6 Å². The Balaban J connectivity index is 2.44. The molecule has 0 saturated carbocycles. The van der Waals surface area contributed by atoms with Gasteiger partial charge in [0.1, 0.15) is 5.75 Å². The molecule has 118 valence electrons. The van der Waals surface area contributed by atoms with Crippen molar-refractivity contribution in [3.8, 4) is 5.75 Å². The fourth-order valence-electron chi connectivity index (χ4n) is 2.12. The highest BCUT2D eigenvalue weighted by Gasteiger charge is 2.21. The van der Waals surface area contributed by atoms with E-state index in [0.29, 0.717) is 23.1 Å². The Morgan fingerprint density at radius 3 is 2.50 bits per heavy atom. The highest BCUT2D eigenvalue weighted by molar-refractivity contribution is 7.92. The van der Waals surface area contributed by atoms with E-state index in [1.807, 2.05) is 19.1 Å². The zero-order valence-electron chi connectivity index (χ0n) is 12.5. The molecule has 0 aliphatic heterocycles. The molecule has 0 fully saturated rings. The van der Waals surface area contributed by atoms with E-state index in [4.69, 9.17) is 16.3 Å². The van der Waals surface area contributed by atoms with E-state index >= 15 is 0 Å². The SMILES string of the molecule is CCOc1ccccc1N(Cc1cccc(Cl)c1)S(C)(=O)=O. The summed E-state index contributed by atoms with van der Waals surface area (Å²) < 4.78 is 31.3. The van der Waals surface area contributed by atoms with Gasteiger partial charge in [0.25, 0.3) is 0 Å². The van der Waals surface area contributed by atoms with E-state index in [9.17, 15) is 8.42 Å². The average Bonchev–Trinajstić information content (AvgIpc) is 2.45. The molecular formula is C16H18ClNO3S. The standard InChI is InChI=1S/C16H18ClNO3S/c1-3-21-16-10-5-4-9-15(16)18(22(2,19)20)12-13-7-6-8-14(17)11-13/h4-11H,3,12H2,1-2H3. The molecule has 2 rings (SSSR count). The van der Waals surface area contributed by atoms with E-state index in [1.165, 1.54) is 10.6 Å². The van der Waals surface area contributed by atoms with Crippen molar-refractivity contribution in [2.24, 2.45) is 0 Å². The molecule has 0 bridgehead atoms. The Kier molecular flexibility index (Phi) is 5.32. The molecule has 4 nitrogen and oxygen atoms in total. The van der Waals surface area contributed by atoms with Crippen LogP contribution < -0.4 is 9.04 Å². The minimum absolute atomic E-state index is 0.198. The second kappa shape index (κ2) is 7.03. The number of sulfonamides is 1. The molecule has 2 aromatic carbocycles. The van der Waals surface area contributed by atoms with Crippen molar-refractivity contribution in [3.05, 3.63) is 59.1 Å². The first kappa shape index (κ1) is 16.6. The summed E-state index contributed by atoms with van der Waals surface area (Å²) in [6, 6.07) is 14.2. The predicted octanol–water partition coefficient (Wildman–Crippen LogP) is 3.70. The van der Waals surface area contributed by atoms with Crippen LogP contribution in [0.1, 0.15) is 12.5 Å². The number of para-hydroxylation sites is 2. The lowest BCUT2D eigenvalue weighted by Gasteiger charge is -2.24. The van der Waals surface area contributed by atoms with Gasteiger partial charge < -0.3 is 4.74 Å². The van der Waals surface area contributed by atoms with Gasteiger partial charge in [0.05, 0.1) is 25.1 Å². The zero-order chi connectivity index (χ0) is 16.2. The van der Waals surface area contributed by atoms with Crippen molar-refractivity contribution in [3.63, 3.8) is 0 Å².